The molecule has 2 aromatic carbocycles. The van der Waals surface area contributed by atoms with Gasteiger partial charge in [-0.15, -0.1) is 5.10 Å². The Morgan fingerprint density at radius 1 is 1.21 bits per heavy atom. The first-order chi connectivity index (χ1) is 18.7. The number of hydrogen-bond donors (Lipinski definition) is 0. The molecule has 3 aromatic rings. The van der Waals surface area contributed by atoms with Gasteiger partial charge in [0.05, 0.1) is 25.3 Å². The summed E-state index contributed by atoms with van der Waals surface area (Å²) in [5, 5.41) is 8.47. The molecule has 0 saturated heterocycles. The Kier molecular flexibility index (Phi) is 9.40. The Morgan fingerprint density at radius 3 is 2.77 bits per heavy atom. The van der Waals surface area contributed by atoms with Crippen LogP contribution < -0.4 is 4.74 Å². The lowest BCUT2D eigenvalue weighted by Gasteiger charge is -2.24. The second-order valence-corrected chi connectivity index (χ2v) is 12.0. The van der Waals surface area contributed by atoms with Gasteiger partial charge < -0.3 is 9.47 Å². The van der Waals surface area contributed by atoms with E-state index in [1.807, 2.05) is 42.9 Å². The van der Waals surface area contributed by atoms with E-state index in [9.17, 15) is 13.2 Å². The van der Waals surface area contributed by atoms with Crippen LogP contribution in [0.25, 0.3) is 0 Å². The minimum atomic E-state index is -3.76. The number of carbonyl (C=O) groups excluding carboxylic acids is 1. The number of para-hydroxylation sites is 1. The Labute approximate surface area is 231 Å². The number of fused-ring (bicyclic) bond motifs is 1. The largest absolute Gasteiger partial charge is 0.488 e. The maximum atomic E-state index is 13.6. The number of sulfonamides is 1. The third-order valence-corrected chi connectivity index (χ3v) is 8.80. The van der Waals surface area contributed by atoms with Crippen molar-refractivity contribution in [1.29, 1.82) is 0 Å². The molecule has 0 N–H and O–H groups in total. The van der Waals surface area contributed by atoms with Gasteiger partial charge in [-0.05, 0) is 74.8 Å². The summed E-state index contributed by atoms with van der Waals surface area (Å²) < 4.78 is 41.7. The van der Waals surface area contributed by atoms with Crippen molar-refractivity contribution in [2.75, 3.05) is 13.2 Å². The van der Waals surface area contributed by atoms with Gasteiger partial charge in [-0.2, -0.15) is 4.31 Å². The number of esters is 1. The lowest BCUT2D eigenvalue weighted by Crippen LogP contribution is -2.35. The zero-order valence-corrected chi connectivity index (χ0v) is 24.0. The van der Waals surface area contributed by atoms with Gasteiger partial charge in [0.1, 0.15) is 16.7 Å². The Morgan fingerprint density at radius 2 is 2.00 bits per heavy atom. The molecule has 2 atom stereocenters. The normalized spacial score (nSPS) is 17.6. The second kappa shape index (κ2) is 12.7. The van der Waals surface area contributed by atoms with Crippen LogP contribution >= 0.6 is 0 Å². The topological polar surface area (TPSA) is 104 Å². The number of benzene rings is 2. The number of ether oxygens (including phenoxy) is 2. The summed E-state index contributed by atoms with van der Waals surface area (Å²) in [6.07, 6.45) is 4.22. The highest BCUT2D eigenvalue weighted by Gasteiger charge is 2.33. The van der Waals surface area contributed by atoms with Crippen LogP contribution in [-0.2, 0) is 39.1 Å². The highest BCUT2D eigenvalue weighted by molar-refractivity contribution is 7.89. The molecule has 0 saturated carbocycles. The average Bonchev–Trinajstić information content (AvgIpc) is 3.31. The maximum absolute atomic E-state index is 13.6. The van der Waals surface area contributed by atoms with Crippen LogP contribution in [0.3, 0.4) is 0 Å². The molecule has 2 heterocycles. The Bertz CT molecular complexity index is 1390. The number of carbonyl (C=O) groups is 1. The summed E-state index contributed by atoms with van der Waals surface area (Å²) in [5.41, 5.74) is 3.73. The van der Waals surface area contributed by atoms with Gasteiger partial charge in [0.25, 0.3) is 0 Å². The van der Waals surface area contributed by atoms with Gasteiger partial charge in [0.15, 0.2) is 0 Å². The quantitative estimate of drug-likeness (QED) is 0.318. The minimum absolute atomic E-state index is 0.108. The summed E-state index contributed by atoms with van der Waals surface area (Å²) in [6.45, 7) is 9.33. The highest BCUT2D eigenvalue weighted by Crippen LogP contribution is 2.33. The molecule has 39 heavy (non-hydrogen) atoms. The number of nitrogens with zero attached hydrogens (tertiary/aromatic N) is 4. The van der Waals surface area contributed by atoms with E-state index in [1.165, 1.54) is 4.31 Å². The lowest BCUT2D eigenvalue weighted by atomic mass is 9.88. The van der Waals surface area contributed by atoms with Crippen LogP contribution in [0.2, 0.25) is 0 Å². The molecule has 1 aromatic heterocycles. The molecular weight excluding hydrogens is 516 g/mol. The van der Waals surface area contributed by atoms with E-state index >= 15 is 0 Å². The van der Waals surface area contributed by atoms with Crippen LogP contribution in [-0.4, -0.2) is 52.9 Å². The molecule has 0 radical (unpaired) electrons. The van der Waals surface area contributed by atoms with Gasteiger partial charge in [0.2, 0.25) is 10.0 Å². The molecule has 210 valence electrons. The van der Waals surface area contributed by atoms with E-state index in [2.05, 4.69) is 17.2 Å². The van der Waals surface area contributed by atoms with Crippen LogP contribution in [0.15, 0.2) is 53.6 Å². The molecule has 10 heteroatoms. The zero-order valence-electron chi connectivity index (χ0n) is 23.2. The predicted octanol–water partition coefficient (Wildman–Crippen LogP) is 4.64. The molecular formula is C29H38N4O5S. The predicted molar refractivity (Wildman–Crippen MR) is 148 cm³/mol. The van der Waals surface area contributed by atoms with Crippen LogP contribution in [0.5, 0.6) is 5.75 Å². The highest BCUT2D eigenvalue weighted by atomic mass is 32.2. The minimum Gasteiger partial charge on any atom is -0.488 e. The molecule has 4 rings (SSSR count). The monoisotopic (exact) mass is 554 g/mol. The van der Waals surface area contributed by atoms with Gasteiger partial charge in [-0.1, -0.05) is 42.5 Å². The van der Waals surface area contributed by atoms with Crippen molar-refractivity contribution >= 4 is 16.0 Å². The fourth-order valence-corrected chi connectivity index (χ4v) is 6.53. The molecule has 0 fully saturated rings. The van der Waals surface area contributed by atoms with Crippen molar-refractivity contribution < 1.29 is 22.7 Å². The number of aryl methyl sites for hydroxylation is 3. The van der Waals surface area contributed by atoms with Gasteiger partial charge >= 0.3 is 5.97 Å². The molecule has 0 aliphatic carbocycles. The summed E-state index contributed by atoms with van der Waals surface area (Å²) in [6, 6.07) is 12.8. The van der Waals surface area contributed by atoms with Crippen molar-refractivity contribution in [3.8, 4) is 5.75 Å². The number of rotatable bonds is 11. The molecule has 0 bridgehead atoms. The Hall–Kier alpha value is -3.24. The van der Waals surface area contributed by atoms with Crippen molar-refractivity contribution in [3.05, 3.63) is 71.0 Å². The lowest BCUT2D eigenvalue weighted by molar-refractivity contribution is -0.143. The van der Waals surface area contributed by atoms with Gasteiger partial charge in [-0.25, -0.2) is 8.42 Å². The standard InChI is InChI=1S/C29H38N4O5S/c1-5-15-32-20-26(30-31-32)14-13-24(17-29(34)37-6-2)23-12-11-21(3)25(16-23)19-33-18-22(4)38-27-9-7-8-10-28(27)39(33,35)36/h7-12,16,20,22,24H,5-6,13-15,17-19H2,1-4H3. The summed E-state index contributed by atoms with van der Waals surface area (Å²) >= 11 is 0. The summed E-state index contributed by atoms with van der Waals surface area (Å²) in [7, 11) is -3.76. The third kappa shape index (κ3) is 7.05. The molecule has 1 aliphatic heterocycles. The number of hydrogen-bond acceptors (Lipinski definition) is 7. The number of aromatic nitrogens is 3. The molecule has 2 unspecified atom stereocenters. The average molecular weight is 555 g/mol. The van der Waals surface area contributed by atoms with Crippen molar-refractivity contribution in [2.24, 2.45) is 0 Å². The molecule has 9 nitrogen and oxygen atoms in total. The molecule has 1 aliphatic rings. The molecule has 0 amide bonds. The van der Waals surface area contributed by atoms with Crippen molar-refractivity contribution in [3.63, 3.8) is 0 Å². The zero-order chi connectivity index (χ0) is 28.0. The van der Waals surface area contributed by atoms with Crippen molar-refractivity contribution in [1.82, 2.24) is 19.3 Å². The van der Waals surface area contributed by atoms with E-state index in [-0.39, 0.29) is 42.4 Å². The first-order valence-corrected chi connectivity index (χ1v) is 15.0. The van der Waals surface area contributed by atoms with Crippen LogP contribution in [0, 0.1) is 6.92 Å². The van der Waals surface area contributed by atoms with E-state index in [4.69, 9.17) is 9.47 Å². The van der Waals surface area contributed by atoms with Crippen LogP contribution in [0.4, 0.5) is 0 Å². The summed E-state index contributed by atoms with van der Waals surface area (Å²) in [5.74, 6) is 0.0173. The SMILES string of the molecule is CCCn1cc(CCC(CC(=O)OCC)c2ccc(C)c(CN3CC(C)Oc4ccccc4S3(=O)=O)c2)nn1. The van der Waals surface area contributed by atoms with Gasteiger partial charge in [0, 0.05) is 19.3 Å². The smallest absolute Gasteiger partial charge is 0.306 e. The first kappa shape index (κ1) is 28.8. The van der Waals surface area contributed by atoms with Crippen LogP contribution in [0.1, 0.15) is 68.3 Å². The van der Waals surface area contributed by atoms with Gasteiger partial charge in [-0.3, -0.25) is 9.48 Å². The van der Waals surface area contributed by atoms with E-state index in [0.29, 0.717) is 25.2 Å². The Balaban J connectivity index is 1.60. The molecule has 0 spiro atoms. The van der Waals surface area contributed by atoms with E-state index in [1.54, 1.807) is 31.2 Å². The fraction of sp³-hybridized carbons (Fsp3) is 0.483. The second-order valence-electron chi connectivity index (χ2n) is 10.1. The maximum Gasteiger partial charge on any atom is 0.306 e. The third-order valence-electron chi connectivity index (χ3n) is 6.95. The van der Waals surface area contributed by atoms with E-state index in [0.717, 1.165) is 35.3 Å². The van der Waals surface area contributed by atoms with Crippen molar-refractivity contribution in [2.45, 2.75) is 83.4 Å². The van der Waals surface area contributed by atoms with E-state index < -0.39 is 10.0 Å². The first-order valence-electron chi connectivity index (χ1n) is 13.6. The summed E-state index contributed by atoms with van der Waals surface area (Å²) in [4.78, 5) is 12.7. The fourth-order valence-electron chi connectivity index (χ4n) is 4.92.